The van der Waals surface area contributed by atoms with Crippen molar-refractivity contribution in [3.63, 3.8) is 0 Å². The molecular weight excluding hydrogens is 629 g/mol. The summed E-state index contributed by atoms with van der Waals surface area (Å²) in [5, 5.41) is 3.13. The average Bonchev–Trinajstić information content (AvgIpc) is 3.60. The van der Waals surface area contributed by atoms with Gasteiger partial charge in [-0.15, -0.1) is 0 Å². The molecule has 1 atom stereocenters. The number of carbonyl (C=O) groups excluding carboxylic acids is 2. The molecule has 0 bridgehead atoms. The number of aryl methyl sites for hydroxylation is 1. The maximum absolute atomic E-state index is 15.1. The molecule has 1 aliphatic carbocycles. The number of ether oxygens (including phenoxy) is 1. The van der Waals surface area contributed by atoms with E-state index in [4.69, 9.17) is 4.74 Å². The summed E-state index contributed by atoms with van der Waals surface area (Å²) in [6, 6.07) is 27.2. The van der Waals surface area contributed by atoms with E-state index in [9.17, 15) is 18.0 Å². The zero-order chi connectivity index (χ0) is 34.1. The van der Waals surface area contributed by atoms with Crippen molar-refractivity contribution in [2.24, 2.45) is 0 Å². The highest BCUT2D eigenvalue weighted by Crippen LogP contribution is 2.28. The van der Waals surface area contributed by atoms with E-state index >= 15 is 4.39 Å². The van der Waals surface area contributed by atoms with Gasteiger partial charge in [-0.1, -0.05) is 79.1 Å². The van der Waals surface area contributed by atoms with Gasteiger partial charge in [-0.05, 0) is 74.7 Å². The second-order valence-electron chi connectivity index (χ2n) is 12.1. The number of nitrogens with one attached hydrogen (secondary N) is 1. The van der Waals surface area contributed by atoms with Gasteiger partial charge in [-0.3, -0.25) is 13.9 Å². The first-order valence-electron chi connectivity index (χ1n) is 16.3. The van der Waals surface area contributed by atoms with Gasteiger partial charge in [-0.2, -0.15) is 0 Å². The fourth-order valence-corrected chi connectivity index (χ4v) is 7.39. The van der Waals surface area contributed by atoms with Crippen LogP contribution in [0, 0.1) is 12.7 Å². The lowest BCUT2D eigenvalue weighted by Gasteiger charge is -2.34. The molecule has 0 unspecified atom stereocenters. The highest BCUT2D eigenvalue weighted by atomic mass is 32.2. The Hall–Kier alpha value is -4.70. The first-order valence-corrected chi connectivity index (χ1v) is 17.8. The number of rotatable bonds is 14. The van der Waals surface area contributed by atoms with E-state index in [1.165, 1.54) is 23.1 Å². The van der Waals surface area contributed by atoms with Crippen molar-refractivity contribution in [2.45, 2.75) is 69.5 Å². The Balaban J connectivity index is 1.57. The van der Waals surface area contributed by atoms with Crippen molar-refractivity contribution in [3.05, 3.63) is 126 Å². The van der Waals surface area contributed by atoms with Crippen molar-refractivity contribution < 1.29 is 27.1 Å². The maximum atomic E-state index is 15.1. The van der Waals surface area contributed by atoms with Crippen LogP contribution in [0.2, 0.25) is 0 Å². The fraction of sp³-hybridized carbons (Fsp3) is 0.316. The summed E-state index contributed by atoms with van der Waals surface area (Å²) < 4.78 is 50.2. The number of amides is 2. The second kappa shape index (κ2) is 15.9. The number of nitrogens with zero attached hydrogens (tertiary/aromatic N) is 2. The molecule has 10 heteroatoms. The highest BCUT2D eigenvalue weighted by molar-refractivity contribution is 7.92. The molecule has 1 fully saturated rings. The van der Waals surface area contributed by atoms with Crippen LogP contribution in [0.4, 0.5) is 10.1 Å². The van der Waals surface area contributed by atoms with Crippen LogP contribution in [0.3, 0.4) is 0 Å². The molecule has 2 amide bonds. The molecule has 1 N–H and O–H groups in total. The quantitative estimate of drug-likeness (QED) is 0.167. The molecule has 4 aromatic carbocycles. The molecule has 1 aliphatic rings. The van der Waals surface area contributed by atoms with Crippen molar-refractivity contribution in [1.29, 1.82) is 0 Å². The van der Waals surface area contributed by atoms with E-state index in [1.807, 2.05) is 44.2 Å². The van der Waals surface area contributed by atoms with Crippen molar-refractivity contribution in [3.8, 4) is 5.75 Å². The molecule has 8 nitrogen and oxygen atoms in total. The van der Waals surface area contributed by atoms with E-state index in [2.05, 4.69) is 5.32 Å². The molecule has 0 saturated heterocycles. The lowest BCUT2D eigenvalue weighted by atomic mass is 10.0. The second-order valence-corrected chi connectivity index (χ2v) is 13.9. The number of halogens is 1. The number of benzene rings is 4. The lowest BCUT2D eigenvalue weighted by molar-refractivity contribution is -0.140. The number of anilines is 1. The van der Waals surface area contributed by atoms with Gasteiger partial charge in [0, 0.05) is 24.6 Å². The van der Waals surface area contributed by atoms with Crippen LogP contribution in [-0.4, -0.2) is 50.4 Å². The van der Waals surface area contributed by atoms with Crippen LogP contribution in [0.15, 0.2) is 108 Å². The summed E-state index contributed by atoms with van der Waals surface area (Å²) in [7, 11) is -4.26. The molecule has 0 aliphatic heterocycles. The van der Waals surface area contributed by atoms with Gasteiger partial charge in [-0.25, -0.2) is 12.8 Å². The summed E-state index contributed by atoms with van der Waals surface area (Å²) >= 11 is 0. The number of hydrogen-bond donors (Lipinski definition) is 1. The molecule has 48 heavy (non-hydrogen) atoms. The minimum Gasteiger partial charge on any atom is -0.494 e. The van der Waals surface area contributed by atoms with Gasteiger partial charge in [0.25, 0.3) is 10.0 Å². The molecule has 0 heterocycles. The zero-order valence-electron chi connectivity index (χ0n) is 27.3. The fourth-order valence-electron chi connectivity index (χ4n) is 5.97. The van der Waals surface area contributed by atoms with Crippen molar-refractivity contribution in [2.75, 3.05) is 17.5 Å². The van der Waals surface area contributed by atoms with Crippen molar-refractivity contribution in [1.82, 2.24) is 10.2 Å². The summed E-state index contributed by atoms with van der Waals surface area (Å²) in [5.74, 6) is -0.983. The van der Waals surface area contributed by atoms with E-state index < -0.39 is 34.3 Å². The summed E-state index contributed by atoms with van der Waals surface area (Å²) in [5.41, 5.74) is 2.15. The third-order valence-electron chi connectivity index (χ3n) is 8.59. The summed E-state index contributed by atoms with van der Waals surface area (Å²) in [6.45, 7) is 3.28. The minimum absolute atomic E-state index is 0.00949. The Morgan fingerprint density at radius 2 is 1.54 bits per heavy atom. The topological polar surface area (TPSA) is 96.0 Å². The predicted octanol–water partition coefficient (Wildman–Crippen LogP) is 6.43. The summed E-state index contributed by atoms with van der Waals surface area (Å²) in [6.07, 6.45) is 3.84. The van der Waals surface area contributed by atoms with Gasteiger partial charge in [0.1, 0.15) is 24.2 Å². The third kappa shape index (κ3) is 8.60. The Bertz CT molecular complexity index is 1780. The van der Waals surface area contributed by atoms with Crippen LogP contribution in [0.25, 0.3) is 0 Å². The van der Waals surface area contributed by atoms with Gasteiger partial charge in [0.15, 0.2) is 0 Å². The van der Waals surface area contributed by atoms with Gasteiger partial charge in [0.05, 0.1) is 17.2 Å². The standard InChI is InChI=1S/C38H42FN3O5S/c1-3-47-33-21-19-32(20-22-33)42(48(45,46)34-23-17-28(2)18-24-34)27-37(43)41(26-30-13-7-10-16-35(30)39)36(25-29-11-5-4-6-12-29)38(44)40-31-14-8-9-15-31/h4-7,10-13,16-24,31,36H,3,8-9,14-15,25-27H2,1-2H3,(H,40,44)/t36-/m0/s1. The van der Waals surface area contributed by atoms with Crippen LogP contribution in [-0.2, 0) is 32.6 Å². The summed E-state index contributed by atoms with van der Waals surface area (Å²) in [4.78, 5) is 30.0. The molecule has 0 aromatic heterocycles. The van der Waals surface area contributed by atoms with Crippen LogP contribution < -0.4 is 14.4 Å². The Labute approximate surface area is 282 Å². The predicted molar refractivity (Wildman–Crippen MR) is 185 cm³/mol. The first kappa shape index (κ1) is 34.6. The van der Waals surface area contributed by atoms with E-state index in [0.717, 1.165) is 41.1 Å². The molecule has 4 aromatic rings. The maximum Gasteiger partial charge on any atom is 0.264 e. The average molecular weight is 672 g/mol. The van der Waals surface area contributed by atoms with Gasteiger partial charge < -0.3 is 15.0 Å². The Morgan fingerprint density at radius 3 is 2.19 bits per heavy atom. The van der Waals surface area contributed by atoms with E-state index in [-0.39, 0.29) is 41.1 Å². The van der Waals surface area contributed by atoms with Gasteiger partial charge >= 0.3 is 0 Å². The third-order valence-corrected chi connectivity index (χ3v) is 10.4. The van der Waals surface area contributed by atoms with Gasteiger partial charge in [0.2, 0.25) is 11.8 Å². The highest BCUT2D eigenvalue weighted by Gasteiger charge is 2.36. The smallest absolute Gasteiger partial charge is 0.264 e. The molecular formula is C38H42FN3O5S. The van der Waals surface area contributed by atoms with Crippen LogP contribution in [0.1, 0.15) is 49.3 Å². The molecule has 1 saturated carbocycles. The lowest BCUT2D eigenvalue weighted by Crippen LogP contribution is -2.54. The number of hydrogen-bond acceptors (Lipinski definition) is 5. The molecule has 252 valence electrons. The first-order chi connectivity index (χ1) is 23.2. The van der Waals surface area contributed by atoms with E-state index in [1.54, 1.807) is 54.6 Å². The Morgan fingerprint density at radius 1 is 0.896 bits per heavy atom. The molecule has 0 radical (unpaired) electrons. The van der Waals surface area contributed by atoms with Crippen LogP contribution in [0.5, 0.6) is 5.75 Å². The Kier molecular flexibility index (Phi) is 11.5. The largest absolute Gasteiger partial charge is 0.494 e. The van der Waals surface area contributed by atoms with E-state index in [0.29, 0.717) is 12.4 Å². The monoisotopic (exact) mass is 671 g/mol. The van der Waals surface area contributed by atoms with Crippen molar-refractivity contribution >= 4 is 27.5 Å². The molecule has 0 spiro atoms. The minimum atomic E-state index is -4.26. The number of sulfonamides is 1. The zero-order valence-corrected chi connectivity index (χ0v) is 28.2. The normalized spacial score (nSPS) is 13.9. The molecule has 5 rings (SSSR count). The number of carbonyl (C=O) groups is 2. The van der Waals surface area contributed by atoms with Crippen LogP contribution >= 0.6 is 0 Å². The SMILES string of the molecule is CCOc1ccc(N(CC(=O)N(Cc2ccccc2F)[C@@H](Cc2ccccc2)C(=O)NC2CCCC2)S(=O)(=O)c2ccc(C)cc2)cc1.